The Morgan fingerprint density at radius 1 is 0.952 bits per heavy atom. The number of amides is 1. The van der Waals surface area contributed by atoms with Crippen molar-refractivity contribution in [3.8, 4) is 11.5 Å². The van der Waals surface area contributed by atoms with Gasteiger partial charge in [0.25, 0.3) is 25.8 Å². The summed E-state index contributed by atoms with van der Waals surface area (Å²) in [4.78, 5) is 17.3. The number of anilines is 2. The Morgan fingerprint density at radius 2 is 1.70 bits per heavy atom. The number of likely N-dealkylation sites (tertiary alicyclic amines) is 1. The first kappa shape index (κ1) is 46.3. The number of sulfone groups is 1. The predicted molar refractivity (Wildman–Crippen MR) is 245 cm³/mol. The van der Waals surface area contributed by atoms with Gasteiger partial charge in [-0.15, -0.1) is 0 Å². The lowest BCUT2D eigenvalue weighted by molar-refractivity contribution is 0.0979. The molecule has 63 heavy (non-hydrogen) atoms. The van der Waals surface area contributed by atoms with Crippen molar-refractivity contribution < 1.29 is 35.1 Å². The molecule has 12 nitrogen and oxygen atoms in total. The number of rotatable bonds is 16. The zero-order chi connectivity index (χ0) is 45.2. The fraction of sp³-hybridized carbons (Fsp3) is 0.356. The van der Waals surface area contributed by atoms with Crippen LogP contribution in [0.1, 0.15) is 61.9 Å². The molecule has 1 amide bonds. The van der Waals surface area contributed by atoms with E-state index in [1.54, 1.807) is 36.5 Å². The lowest BCUT2D eigenvalue weighted by Crippen LogP contribution is -2.37. The molecule has 5 N–H and O–H groups in total. The molecule has 1 aliphatic heterocycles. The van der Waals surface area contributed by atoms with E-state index in [1.165, 1.54) is 22.8 Å². The summed E-state index contributed by atoms with van der Waals surface area (Å²) < 4.78 is 85.8. The SMILES string of the molecule is CN1CCC(Nc2ccc(S(=O)(=O)NC(=O)c3ccc(NCCNCC4=C(c5ccc(Cl)cc5)CC(C)(C)CC4)cc3Oc3ccc4[nH]ccc4c3)cc2S(=O)(=O)C(F)(F)Cl)CC1. The van der Waals surface area contributed by atoms with Gasteiger partial charge in [0.05, 0.1) is 21.0 Å². The zero-order valence-corrected chi connectivity index (χ0v) is 38.2. The van der Waals surface area contributed by atoms with E-state index in [0.29, 0.717) is 68.1 Å². The Labute approximate surface area is 376 Å². The molecule has 336 valence electrons. The van der Waals surface area contributed by atoms with Gasteiger partial charge in [-0.05, 0) is 147 Å². The first-order chi connectivity index (χ1) is 29.8. The van der Waals surface area contributed by atoms with Crippen molar-refractivity contribution in [3.63, 3.8) is 0 Å². The molecule has 2 heterocycles. The molecule has 1 saturated heterocycles. The standard InChI is InChI=1S/C45H50Cl2F2N6O6S2/c1-44(2)18-14-31(38(27-44)29-4-6-32(46)7-5-29)28-50-20-21-51-34-8-11-37(41(25-34)61-35-9-12-39-30(24-35)15-19-52-39)43(56)54-63(59,60)36-10-13-40(53-33-16-22-55(3)23-17-33)42(26-36)62(57,58)45(47,48)49/h4-13,15,19,24-26,33,50-53H,14,16-18,20-23,27-28H2,1-3H3,(H,54,56). The first-order valence-electron chi connectivity index (χ1n) is 20.6. The normalized spacial score (nSPS) is 16.6. The third kappa shape index (κ3) is 11.2. The number of nitrogens with one attached hydrogen (secondary N) is 5. The molecule has 0 spiro atoms. The average Bonchev–Trinajstić information content (AvgIpc) is 3.70. The summed E-state index contributed by atoms with van der Waals surface area (Å²) in [5.41, 5.74) is 5.07. The smallest absolute Gasteiger partial charge is 0.427 e. The van der Waals surface area contributed by atoms with Crippen molar-refractivity contribution in [1.29, 1.82) is 0 Å². The Hall–Kier alpha value is -4.71. The van der Waals surface area contributed by atoms with E-state index < -0.39 is 40.3 Å². The highest BCUT2D eigenvalue weighted by atomic mass is 35.5. The average molecular weight is 944 g/mol. The van der Waals surface area contributed by atoms with Gasteiger partial charge in [-0.2, -0.15) is 8.78 Å². The molecule has 1 aliphatic carbocycles. The van der Waals surface area contributed by atoms with Crippen molar-refractivity contribution in [2.75, 3.05) is 50.4 Å². The minimum absolute atomic E-state index is 0.0147. The van der Waals surface area contributed by atoms with Gasteiger partial charge in [0.2, 0.25) is 0 Å². The quantitative estimate of drug-likeness (QED) is 0.0476. The van der Waals surface area contributed by atoms with Crippen LogP contribution in [-0.4, -0.2) is 83.2 Å². The first-order valence-corrected chi connectivity index (χ1v) is 24.3. The lowest BCUT2D eigenvalue weighted by atomic mass is 9.72. The molecule has 4 aromatic carbocycles. The van der Waals surface area contributed by atoms with Gasteiger partial charge >= 0.3 is 4.71 Å². The number of fused-ring (bicyclic) bond motifs is 1. The van der Waals surface area contributed by atoms with Crippen molar-refractivity contribution >= 4 is 76.8 Å². The van der Waals surface area contributed by atoms with E-state index in [1.807, 2.05) is 30.0 Å². The maximum atomic E-state index is 14.4. The van der Waals surface area contributed by atoms with E-state index in [-0.39, 0.29) is 28.5 Å². The van der Waals surface area contributed by atoms with Crippen LogP contribution in [0.15, 0.2) is 106 Å². The van der Waals surface area contributed by atoms with E-state index >= 15 is 0 Å². The summed E-state index contributed by atoms with van der Waals surface area (Å²) >= 11 is 11.2. The van der Waals surface area contributed by atoms with Crippen LogP contribution in [0.3, 0.4) is 0 Å². The number of aromatic nitrogens is 1. The highest BCUT2D eigenvalue weighted by Gasteiger charge is 2.46. The summed E-state index contributed by atoms with van der Waals surface area (Å²) in [7, 11) is -8.52. The molecular formula is C45H50Cl2F2N6O6S2. The number of allylic oxidation sites excluding steroid dienone is 1. The molecule has 0 bridgehead atoms. The second-order valence-electron chi connectivity index (χ2n) is 16.8. The molecule has 0 atom stereocenters. The number of hydrogen-bond acceptors (Lipinski definition) is 10. The molecule has 1 fully saturated rings. The summed E-state index contributed by atoms with van der Waals surface area (Å²) in [6, 6.07) is 22.0. The van der Waals surface area contributed by atoms with Crippen LogP contribution in [0.5, 0.6) is 11.5 Å². The van der Waals surface area contributed by atoms with E-state index in [2.05, 4.69) is 51.8 Å². The number of benzene rings is 4. The maximum absolute atomic E-state index is 14.4. The summed E-state index contributed by atoms with van der Waals surface area (Å²) in [6.45, 7) is 7.73. The molecule has 0 saturated carbocycles. The lowest BCUT2D eigenvalue weighted by Gasteiger charge is -2.34. The van der Waals surface area contributed by atoms with Crippen LogP contribution in [0.25, 0.3) is 16.5 Å². The van der Waals surface area contributed by atoms with Gasteiger partial charge in [0.15, 0.2) is 0 Å². The molecular weight excluding hydrogens is 894 g/mol. The minimum atomic E-state index is -5.58. The number of alkyl halides is 3. The number of nitrogens with zero attached hydrogens (tertiary/aromatic N) is 1. The van der Waals surface area contributed by atoms with E-state index in [4.69, 9.17) is 27.9 Å². The molecule has 0 unspecified atom stereocenters. The van der Waals surface area contributed by atoms with E-state index in [0.717, 1.165) is 42.3 Å². The fourth-order valence-corrected chi connectivity index (χ4v) is 10.3. The van der Waals surface area contributed by atoms with Crippen molar-refractivity contribution in [2.24, 2.45) is 5.41 Å². The number of halogens is 4. The number of ether oxygens (including phenoxy) is 1. The Bertz CT molecular complexity index is 2730. The number of piperidine rings is 1. The van der Waals surface area contributed by atoms with E-state index in [9.17, 15) is 30.4 Å². The monoisotopic (exact) mass is 942 g/mol. The number of aromatic amines is 1. The summed E-state index contributed by atoms with van der Waals surface area (Å²) in [5.74, 6) is -0.731. The number of carbonyl (C=O) groups excluding carboxylic acids is 1. The second-order valence-corrected chi connectivity index (χ2v) is 21.6. The van der Waals surface area contributed by atoms with Gasteiger partial charge in [0.1, 0.15) is 11.5 Å². The van der Waals surface area contributed by atoms with Gasteiger partial charge in [0, 0.05) is 59.6 Å². The van der Waals surface area contributed by atoms with Crippen LogP contribution in [0, 0.1) is 5.41 Å². The summed E-state index contributed by atoms with van der Waals surface area (Å²) in [5, 5.41) is 11.4. The molecule has 0 radical (unpaired) electrons. The maximum Gasteiger partial charge on any atom is 0.427 e. The highest BCUT2D eigenvalue weighted by Crippen LogP contribution is 2.43. The molecule has 18 heteroatoms. The van der Waals surface area contributed by atoms with Crippen molar-refractivity contribution in [2.45, 2.75) is 66.5 Å². The van der Waals surface area contributed by atoms with Gasteiger partial charge < -0.3 is 30.6 Å². The Kier molecular flexibility index (Phi) is 13.8. The molecule has 1 aromatic heterocycles. The second kappa shape index (κ2) is 18.8. The molecule has 7 rings (SSSR count). The van der Waals surface area contributed by atoms with Crippen LogP contribution in [0.2, 0.25) is 5.02 Å². The Morgan fingerprint density at radius 3 is 2.43 bits per heavy atom. The van der Waals surface area contributed by atoms with Gasteiger partial charge in [-0.1, -0.05) is 43.2 Å². The predicted octanol–water partition coefficient (Wildman–Crippen LogP) is 9.47. The Balaban J connectivity index is 1.10. The molecule has 2 aliphatic rings. The van der Waals surface area contributed by atoms with Crippen molar-refractivity contribution in [1.82, 2.24) is 19.9 Å². The van der Waals surface area contributed by atoms with Crippen LogP contribution in [-0.2, 0) is 19.9 Å². The summed E-state index contributed by atoms with van der Waals surface area (Å²) in [6.07, 6.45) is 5.96. The fourth-order valence-electron chi connectivity index (χ4n) is 7.89. The van der Waals surface area contributed by atoms with Crippen molar-refractivity contribution in [3.05, 3.63) is 113 Å². The molecule has 5 aromatic rings. The largest absolute Gasteiger partial charge is 0.456 e. The van der Waals surface area contributed by atoms with Gasteiger partial charge in [-0.25, -0.2) is 21.6 Å². The third-order valence-corrected chi connectivity index (χ3v) is 15.2. The zero-order valence-electron chi connectivity index (χ0n) is 35.0. The van der Waals surface area contributed by atoms with Crippen LogP contribution in [0.4, 0.5) is 20.2 Å². The number of carbonyl (C=O) groups is 1. The number of sulfonamides is 1. The minimum Gasteiger partial charge on any atom is -0.456 e. The van der Waals surface area contributed by atoms with Gasteiger partial charge in [-0.3, -0.25) is 4.79 Å². The van der Waals surface area contributed by atoms with Crippen LogP contribution >= 0.6 is 23.2 Å². The number of H-pyrrole nitrogens is 1. The van der Waals surface area contributed by atoms with Crippen LogP contribution < -0.4 is 25.4 Å². The topological polar surface area (TPSA) is 162 Å². The third-order valence-electron chi connectivity index (χ3n) is 11.5. The highest BCUT2D eigenvalue weighted by molar-refractivity contribution is 7.94. The number of hydrogen-bond donors (Lipinski definition) is 5.